The van der Waals surface area contributed by atoms with Gasteiger partial charge in [0.2, 0.25) is 0 Å². The molecule has 114 valence electrons. The predicted molar refractivity (Wildman–Crippen MR) is 86.3 cm³/mol. The average molecular weight is 351 g/mol. The van der Waals surface area contributed by atoms with Crippen LogP contribution in [0.25, 0.3) is 0 Å². The summed E-state index contributed by atoms with van der Waals surface area (Å²) in [6.07, 6.45) is 10.1. The molecule has 1 aromatic rings. The van der Waals surface area contributed by atoms with Crippen molar-refractivity contribution in [2.24, 2.45) is 17.8 Å². The second kappa shape index (κ2) is 5.15. The van der Waals surface area contributed by atoms with Crippen LogP contribution in [0.4, 0.5) is 0 Å². The number of nitrogens with zero attached hydrogens (tertiary/aromatic N) is 2. The van der Waals surface area contributed by atoms with Crippen molar-refractivity contribution in [3.05, 3.63) is 22.4 Å². The summed E-state index contributed by atoms with van der Waals surface area (Å²) in [5.41, 5.74) is 0.857. The number of carbonyl (C=O) groups is 1. The van der Waals surface area contributed by atoms with Crippen molar-refractivity contribution in [1.82, 2.24) is 9.47 Å². The van der Waals surface area contributed by atoms with Gasteiger partial charge in [0.1, 0.15) is 5.69 Å². The average Bonchev–Trinajstić information content (AvgIpc) is 2.91. The fourth-order valence-electron chi connectivity index (χ4n) is 4.50. The quantitative estimate of drug-likeness (QED) is 0.802. The second-order valence-electron chi connectivity index (χ2n) is 7.30. The number of rotatable bonds is 4. The molecule has 3 aliphatic rings. The largest absolute Gasteiger partial charge is 0.340 e. The van der Waals surface area contributed by atoms with Crippen molar-refractivity contribution in [2.45, 2.75) is 44.6 Å². The van der Waals surface area contributed by atoms with E-state index in [4.69, 9.17) is 0 Å². The molecule has 0 spiro atoms. The third kappa shape index (κ3) is 2.56. The van der Waals surface area contributed by atoms with E-state index in [1.807, 2.05) is 18.0 Å². The van der Waals surface area contributed by atoms with Crippen LogP contribution in [0.15, 0.2) is 16.7 Å². The van der Waals surface area contributed by atoms with Gasteiger partial charge in [-0.3, -0.25) is 4.79 Å². The zero-order valence-corrected chi connectivity index (χ0v) is 14.2. The summed E-state index contributed by atoms with van der Waals surface area (Å²) in [4.78, 5) is 14.8. The van der Waals surface area contributed by atoms with Crippen molar-refractivity contribution in [2.75, 3.05) is 13.6 Å². The summed E-state index contributed by atoms with van der Waals surface area (Å²) in [5, 5.41) is 0. The molecule has 3 unspecified atom stereocenters. The first kappa shape index (κ1) is 13.9. The Bertz CT molecular complexity index is 563. The minimum atomic E-state index is 0.190. The molecule has 1 heterocycles. The predicted octanol–water partition coefficient (Wildman–Crippen LogP) is 4.09. The highest BCUT2D eigenvalue weighted by Crippen LogP contribution is 2.48. The van der Waals surface area contributed by atoms with Crippen LogP contribution in [0, 0.1) is 17.8 Å². The standard InChI is InChI=1S/C17H23BrN2O/c1-19(9-13-7-11-2-3-12(13)6-11)17(21)16-8-14(18)10-20(16)15-4-5-15/h8,10-13,15H,2-7,9H2,1H3. The Morgan fingerprint density at radius 1 is 1.33 bits per heavy atom. The van der Waals surface area contributed by atoms with Crippen LogP contribution in [0.1, 0.15) is 55.1 Å². The van der Waals surface area contributed by atoms with Crippen LogP contribution in [-0.2, 0) is 0 Å². The van der Waals surface area contributed by atoms with Gasteiger partial charge < -0.3 is 9.47 Å². The summed E-state index contributed by atoms with van der Waals surface area (Å²) in [6, 6.07) is 2.53. The van der Waals surface area contributed by atoms with Crippen LogP contribution in [0.2, 0.25) is 0 Å². The number of halogens is 1. The summed E-state index contributed by atoms with van der Waals surface area (Å²) < 4.78 is 3.19. The first-order valence-electron chi connectivity index (χ1n) is 8.24. The lowest BCUT2D eigenvalue weighted by Crippen LogP contribution is -2.34. The Morgan fingerprint density at radius 2 is 2.14 bits per heavy atom. The molecule has 1 aromatic heterocycles. The third-order valence-corrected chi connectivity index (χ3v) is 6.15. The molecule has 0 N–H and O–H groups in total. The molecular weight excluding hydrogens is 328 g/mol. The molecular formula is C17H23BrN2O. The normalized spacial score (nSPS) is 30.9. The van der Waals surface area contributed by atoms with Crippen molar-refractivity contribution in [3.63, 3.8) is 0 Å². The Balaban J connectivity index is 1.46. The summed E-state index contributed by atoms with van der Waals surface area (Å²) in [7, 11) is 1.98. The molecule has 21 heavy (non-hydrogen) atoms. The molecule has 1 amide bonds. The van der Waals surface area contributed by atoms with Gasteiger partial charge in [-0.1, -0.05) is 6.42 Å². The van der Waals surface area contributed by atoms with Crippen LogP contribution in [0.5, 0.6) is 0 Å². The van der Waals surface area contributed by atoms with Gasteiger partial charge in [-0.2, -0.15) is 0 Å². The van der Waals surface area contributed by atoms with Gasteiger partial charge in [0.25, 0.3) is 5.91 Å². The molecule has 3 atom stereocenters. The molecule has 0 saturated heterocycles. The smallest absolute Gasteiger partial charge is 0.270 e. The lowest BCUT2D eigenvalue weighted by atomic mass is 9.88. The van der Waals surface area contributed by atoms with E-state index in [-0.39, 0.29) is 5.91 Å². The van der Waals surface area contributed by atoms with Gasteiger partial charge in [-0.25, -0.2) is 0 Å². The van der Waals surface area contributed by atoms with E-state index < -0.39 is 0 Å². The highest BCUT2D eigenvalue weighted by molar-refractivity contribution is 9.10. The molecule has 4 heteroatoms. The van der Waals surface area contributed by atoms with Crippen molar-refractivity contribution in [3.8, 4) is 0 Å². The minimum Gasteiger partial charge on any atom is -0.340 e. The van der Waals surface area contributed by atoms with Gasteiger partial charge in [0.15, 0.2) is 0 Å². The lowest BCUT2D eigenvalue weighted by Gasteiger charge is -2.27. The second-order valence-corrected chi connectivity index (χ2v) is 8.22. The fraction of sp³-hybridized carbons (Fsp3) is 0.706. The molecule has 0 aromatic carbocycles. The topological polar surface area (TPSA) is 25.2 Å². The first-order chi connectivity index (χ1) is 10.1. The first-order valence-corrected chi connectivity index (χ1v) is 9.04. The summed E-state index contributed by atoms with van der Waals surface area (Å²) in [6.45, 7) is 0.938. The lowest BCUT2D eigenvalue weighted by molar-refractivity contribution is 0.0743. The number of hydrogen-bond acceptors (Lipinski definition) is 1. The molecule has 3 aliphatic carbocycles. The van der Waals surface area contributed by atoms with E-state index in [9.17, 15) is 4.79 Å². The molecule has 3 saturated carbocycles. The minimum absolute atomic E-state index is 0.190. The van der Waals surface area contributed by atoms with E-state index in [1.165, 1.54) is 38.5 Å². The van der Waals surface area contributed by atoms with Crippen LogP contribution >= 0.6 is 15.9 Å². The number of carbonyl (C=O) groups excluding carboxylic acids is 1. The van der Waals surface area contributed by atoms with Crippen LogP contribution in [0.3, 0.4) is 0 Å². The maximum atomic E-state index is 12.8. The Labute approximate surface area is 134 Å². The monoisotopic (exact) mass is 350 g/mol. The molecule has 3 nitrogen and oxygen atoms in total. The number of fused-ring (bicyclic) bond motifs is 2. The zero-order valence-electron chi connectivity index (χ0n) is 12.6. The number of aromatic nitrogens is 1. The van der Waals surface area contributed by atoms with E-state index in [2.05, 4.69) is 26.7 Å². The van der Waals surface area contributed by atoms with Crippen molar-refractivity contribution in [1.29, 1.82) is 0 Å². The van der Waals surface area contributed by atoms with E-state index in [1.54, 1.807) is 0 Å². The highest BCUT2D eigenvalue weighted by atomic mass is 79.9. The Morgan fingerprint density at radius 3 is 2.76 bits per heavy atom. The van der Waals surface area contributed by atoms with Crippen LogP contribution < -0.4 is 0 Å². The van der Waals surface area contributed by atoms with E-state index in [0.717, 1.165) is 34.5 Å². The van der Waals surface area contributed by atoms with Crippen molar-refractivity contribution < 1.29 is 4.79 Å². The zero-order chi connectivity index (χ0) is 14.6. The Kier molecular flexibility index (Phi) is 3.40. The molecule has 2 bridgehead atoms. The fourth-order valence-corrected chi connectivity index (χ4v) is 4.94. The number of hydrogen-bond donors (Lipinski definition) is 0. The maximum Gasteiger partial charge on any atom is 0.270 e. The van der Waals surface area contributed by atoms with Gasteiger partial charge in [0, 0.05) is 30.3 Å². The van der Waals surface area contributed by atoms with Gasteiger partial charge in [-0.05, 0) is 71.9 Å². The van der Waals surface area contributed by atoms with E-state index >= 15 is 0 Å². The van der Waals surface area contributed by atoms with Crippen molar-refractivity contribution >= 4 is 21.8 Å². The Hall–Kier alpha value is -0.770. The third-order valence-electron chi connectivity index (χ3n) is 5.71. The van der Waals surface area contributed by atoms with Gasteiger partial charge in [0.05, 0.1) is 0 Å². The molecule has 3 fully saturated rings. The van der Waals surface area contributed by atoms with E-state index in [0.29, 0.717) is 6.04 Å². The SMILES string of the molecule is CN(CC1CC2CCC1C2)C(=O)c1cc(Br)cn1C1CC1. The van der Waals surface area contributed by atoms with Crippen LogP contribution in [-0.4, -0.2) is 29.0 Å². The molecule has 0 aliphatic heterocycles. The summed E-state index contributed by atoms with van der Waals surface area (Å²) >= 11 is 3.52. The number of amides is 1. The van der Waals surface area contributed by atoms with Gasteiger partial charge >= 0.3 is 0 Å². The maximum absolute atomic E-state index is 12.8. The summed E-state index contributed by atoms with van der Waals surface area (Å²) in [5.74, 6) is 2.76. The molecule has 0 radical (unpaired) electrons. The van der Waals surface area contributed by atoms with Gasteiger partial charge in [-0.15, -0.1) is 0 Å². The molecule has 4 rings (SSSR count). The highest BCUT2D eigenvalue weighted by Gasteiger charge is 2.40.